The summed E-state index contributed by atoms with van der Waals surface area (Å²) < 4.78 is 64.9. The Balaban J connectivity index is 2.23. The van der Waals surface area contributed by atoms with Crippen LogP contribution in [0.15, 0.2) is 29.2 Å². The number of hydrogen-bond donors (Lipinski definition) is 2. The fourth-order valence-electron chi connectivity index (χ4n) is 2.30. The Bertz CT molecular complexity index is 602. The molecular weight excluding hydrogens is 305 g/mol. The maximum atomic E-state index is 12.7. The molecule has 0 saturated carbocycles. The lowest BCUT2D eigenvalue weighted by Crippen LogP contribution is -2.48. The second-order valence-electron chi connectivity index (χ2n) is 5.22. The van der Waals surface area contributed by atoms with Gasteiger partial charge < -0.3 is 5.32 Å². The molecule has 8 heteroatoms. The molecule has 2 rings (SSSR count). The third-order valence-corrected chi connectivity index (χ3v) is 5.05. The maximum Gasteiger partial charge on any atom is 0.416 e. The minimum atomic E-state index is -4.56. The molecule has 118 valence electrons. The first-order valence-electron chi connectivity index (χ1n) is 6.60. The summed E-state index contributed by atoms with van der Waals surface area (Å²) in [5.74, 6) is 0.0827. The highest BCUT2D eigenvalue weighted by Crippen LogP contribution is 2.30. The average molecular weight is 322 g/mol. The summed E-state index contributed by atoms with van der Waals surface area (Å²) in [5, 5.41) is 3.14. The summed E-state index contributed by atoms with van der Waals surface area (Å²) >= 11 is 0. The fourth-order valence-corrected chi connectivity index (χ4v) is 3.72. The van der Waals surface area contributed by atoms with Crippen LogP contribution in [0.5, 0.6) is 0 Å². The van der Waals surface area contributed by atoms with Gasteiger partial charge in [0.15, 0.2) is 0 Å². The van der Waals surface area contributed by atoms with E-state index < -0.39 is 21.8 Å². The van der Waals surface area contributed by atoms with Crippen LogP contribution in [-0.4, -0.2) is 27.5 Å². The molecule has 1 aliphatic heterocycles. The van der Waals surface area contributed by atoms with Gasteiger partial charge in [-0.1, -0.05) is 13.0 Å². The van der Waals surface area contributed by atoms with Crippen LogP contribution in [0.2, 0.25) is 0 Å². The van der Waals surface area contributed by atoms with Gasteiger partial charge in [-0.05, 0) is 43.6 Å². The van der Waals surface area contributed by atoms with E-state index in [2.05, 4.69) is 10.0 Å². The highest BCUT2D eigenvalue weighted by Gasteiger charge is 2.32. The number of sulfonamides is 1. The zero-order valence-electron chi connectivity index (χ0n) is 11.4. The molecule has 2 unspecified atom stereocenters. The van der Waals surface area contributed by atoms with Gasteiger partial charge in [0.2, 0.25) is 10.0 Å². The van der Waals surface area contributed by atoms with E-state index in [0.717, 1.165) is 12.1 Å². The van der Waals surface area contributed by atoms with Crippen LogP contribution in [0.3, 0.4) is 0 Å². The predicted octanol–water partition coefficient (Wildman–Crippen LogP) is 1.98. The van der Waals surface area contributed by atoms with Gasteiger partial charge in [-0.15, -0.1) is 0 Å². The zero-order valence-corrected chi connectivity index (χ0v) is 12.3. The molecule has 0 aromatic heterocycles. The molecule has 2 N–H and O–H groups in total. The van der Waals surface area contributed by atoms with Crippen LogP contribution < -0.4 is 10.0 Å². The molecule has 1 fully saturated rings. The number of halogens is 3. The predicted molar refractivity (Wildman–Crippen MR) is 72.2 cm³/mol. The van der Waals surface area contributed by atoms with Crippen molar-refractivity contribution in [2.45, 2.75) is 30.5 Å². The van der Waals surface area contributed by atoms with E-state index in [0.29, 0.717) is 25.6 Å². The third kappa shape index (κ3) is 3.96. The van der Waals surface area contributed by atoms with Crippen molar-refractivity contribution >= 4 is 10.0 Å². The van der Waals surface area contributed by atoms with Crippen molar-refractivity contribution in [3.05, 3.63) is 29.8 Å². The smallest absolute Gasteiger partial charge is 0.316 e. The molecule has 4 nitrogen and oxygen atoms in total. The van der Waals surface area contributed by atoms with Crippen LogP contribution >= 0.6 is 0 Å². The molecule has 0 aliphatic carbocycles. The van der Waals surface area contributed by atoms with Crippen molar-refractivity contribution in [2.24, 2.45) is 5.92 Å². The van der Waals surface area contributed by atoms with E-state index in [9.17, 15) is 21.6 Å². The highest BCUT2D eigenvalue weighted by molar-refractivity contribution is 7.89. The van der Waals surface area contributed by atoms with Crippen LogP contribution in [0.4, 0.5) is 13.2 Å². The Hall–Kier alpha value is -1.12. The summed E-state index contributed by atoms with van der Waals surface area (Å²) in [6.45, 7) is 3.25. The maximum absolute atomic E-state index is 12.7. The summed E-state index contributed by atoms with van der Waals surface area (Å²) in [6, 6.07) is 3.51. The quantitative estimate of drug-likeness (QED) is 0.895. The van der Waals surface area contributed by atoms with Crippen molar-refractivity contribution in [1.29, 1.82) is 0 Å². The molecule has 1 aromatic carbocycles. The second-order valence-corrected chi connectivity index (χ2v) is 6.94. The first-order valence-corrected chi connectivity index (χ1v) is 8.09. The number of benzene rings is 1. The lowest BCUT2D eigenvalue weighted by Gasteiger charge is -2.30. The highest BCUT2D eigenvalue weighted by atomic mass is 32.2. The van der Waals surface area contributed by atoms with E-state index in [1.54, 1.807) is 0 Å². The van der Waals surface area contributed by atoms with E-state index in [1.807, 2.05) is 6.92 Å². The van der Waals surface area contributed by atoms with Crippen molar-refractivity contribution in [1.82, 2.24) is 10.0 Å². The molecule has 0 radical (unpaired) electrons. The number of rotatable bonds is 3. The van der Waals surface area contributed by atoms with E-state index in [1.165, 1.54) is 6.07 Å². The van der Waals surface area contributed by atoms with E-state index >= 15 is 0 Å². The molecule has 1 saturated heterocycles. The first-order chi connectivity index (χ1) is 9.70. The number of piperidine rings is 1. The summed E-state index contributed by atoms with van der Waals surface area (Å²) in [4.78, 5) is -0.358. The Morgan fingerprint density at radius 1 is 1.33 bits per heavy atom. The lowest BCUT2D eigenvalue weighted by atomic mass is 9.97. The normalized spacial score (nSPS) is 24.0. The van der Waals surface area contributed by atoms with E-state index in [-0.39, 0.29) is 16.9 Å². The van der Waals surface area contributed by atoms with Gasteiger partial charge in [-0.2, -0.15) is 13.2 Å². The Morgan fingerprint density at radius 3 is 2.67 bits per heavy atom. The fraction of sp³-hybridized carbons (Fsp3) is 0.538. The Labute approximate surface area is 121 Å². The lowest BCUT2D eigenvalue weighted by molar-refractivity contribution is -0.137. The summed E-state index contributed by atoms with van der Waals surface area (Å²) in [7, 11) is -3.95. The summed E-state index contributed by atoms with van der Waals surface area (Å²) in [5.41, 5.74) is -0.969. The summed E-state index contributed by atoms with van der Waals surface area (Å²) in [6.07, 6.45) is -3.95. The van der Waals surface area contributed by atoms with Crippen LogP contribution in [0.25, 0.3) is 0 Å². The van der Waals surface area contributed by atoms with Gasteiger partial charge in [0.25, 0.3) is 0 Å². The Kier molecular flexibility index (Phi) is 4.60. The zero-order chi connectivity index (χ0) is 15.7. The largest absolute Gasteiger partial charge is 0.416 e. The van der Waals surface area contributed by atoms with Crippen LogP contribution in [-0.2, 0) is 16.2 Å². The SMILES string of the molecule is CC1CNCCC1NS(=O)(=O)c1cccc(C(F)(F)F)c1. The molecule has 0 bridgehead atoms. The topological polar surface area (TPSA) is 58.2 Å². The van der Waals surface area contributed by atoms with Crippen molar-refractivity contribution in [2.75, 3.05) is 13.1 Å². The molecular formula is C13H17F3N2O2S. The molecule has 21 heavy (non-hydrogen) atoms. The van der Waals surface area contributed by atoms with Gasteiger partial charge >= 0.3 is 6.18 Å². The molecule has 0 amide bonds. The minimum Gasteiger partial charge on any atom is -0.316 e. The van der Waals surface area contributed by atoms with Crippen LogP contribution in [0, 0.1) is 5.92 Å². The Morgan fingerprint density at radius 2 is 2.05 bits per heavy atom. The van der Waals surface area contributed by atoms with Gasteiger partial charge in [0.1, 0.15) is 0 Å². The molecule has 2 atom stereocenters. The van der Waals surface area contributed by atoms with Gasteiger partial charge in [0, 0.05) is 6.04 Å². The third-order valence-electron chi connectivity index (χ3n) is 3.56. The first kappa shape index (κ1) is 16.3. The number of nitrogens with one attached hydrogen (secondary N) is 2. The monoisotopic (exact) mass is 322 g/mol. The molecule has 1 aromatic rings. The second kappa shape index (κ2) is 5.94. The van der Waals surface area contributed by atoms with Gasteiger partial charge in [-0.25, -0.2) is 13.1 Å². The van der Waals surface area contributed by atoms with E-state index in [4.69, 9.17) is 0 Å². The van der Waals surface area contributed by atoms with Gasteiger partial charge in [0.05, 0.1) is 10.5 Å². The average Bonchev–Trinajstić information content (AvgIpc) is 2.40. The van der Waals surface area contributed by atoms with Crippen LogP contribution in [0.1, 0.15) is 18.9 Å². The van der Waals surface area contributed by atoms with Crippen molar-refractivity contribution in [3.8, 4) is 0 Å². The van der Waals surface area contributed by atoms with Gasteiger partial charge in [-0.3, -0.25) is 0 Å². The van der Waals surface area contributed by atoms with Crippen molar-refractivity contribution in [3.63, 3.8) is 0 Å². The molecule has 1 aliphatic rings. The standard InChI is InChI=1S/C13H17F3N2O2S/c1-9-8-17-6-5-12(9)18-21(19,20)11-4-2-3-10(7-11)13(14,15)16/h2-4,7,9,12,17-18H,5-6,8H2,1H3. The molecule has 1 heterocycles. The molecule has 0 spiro atoms. The minimum absolute atomic E-state index is 0.0827. The number of hydrogen-bond acceptors (Lipinski definition) is 3. The number of alkyl halides is 3. The van der Waals surface area contributed by atoms with Crippen molar-refractivity contribution < 1.29 is 21.6 Å².